The van der Waals surface area contributed by atoms with Crippen LogP contribution < -0.4 is 0 Å². The van der Waals surface area contributed by atoms with Crippen molar-refractivity contribution in [2.45, 2.75) is 151 Å². The number of ether oxygens (including phenoxy) is 5. The van der Waals surface area contributed by atoms with E-state index in [9.17, 15) is 45.3 Å². The maximum absolute atomic E-state index is 13.2. The third kappa shape index (κ3) is 5.47. The highest BCUT2D eigenvalue weighted by Gasteiger charge is 2.71. The molecule has 0 amide bonds. The molecule has 0 bridgehead atoms. The second-order valence-corrected chi connectivity index (χ2v) is 16.1. The van der Waals surface area contributed by atoms with E-state index in [1.165, 1.54) is 0 Å². The molecule has 4 aliphatic carbocycles. The molecule has 7 rings (SSSR count). The highest BCUT2D eigenvalue weighted by molar-refractivity contribution is 5.85. The predicted octanol–water partition coefficient (Wildman–Crippen LogP) is -0.397. The van der Waals surface area contributed by atoms with Gasteiger partial charge in [-0.15, -0.1) is 0 Å². The highest BCUT2D eigenvalue weighted by Crippen LogP contribution is 2.70. The number of rotatable bonds is 7. The van der Waals surface area contributed by atoms with Gasteiger partial charge in [0.25, 0.3) is 0 Å². The van der Waals surface area contributed by atoms with Crippen LogP contribution in [0.25, 0.3) is 0 Å². The number of esters is 1. The van der Waals surface area contributed by atoms with E-state index in [0.717, 1.165) is 18.3 Å². The topological polar surface area (TPSA) is 222 Å². The fourth-order valence-corrected chi connectivity index (χ4v) is 11.3. The smallest absolute Gasteiger partial charge is 0.331 e. The number of carbonyl (C=O) groups excluding carboxylic acids is 2. The van der Waals surface area contributed by atoms with Gasteiger partial charge in [-0.25, -0.2) is 4.79 Å². The third-order valence-electron chi connectivity index (χ3n) is 14.0. The van der Waals surface area contributed by atoms with Gasteiger partial charge in [-0.3, -0.25) is 0 Å². The van der Waals surface area contributed by atoms with Gasteiger partial charge in [-0.2, -0.15) is 0 Å². The van der Waals surface area contributed by atoms with Gasteiger partial charge in [0, 0.05) is 24.3 Å². The zero-order chi connectivity index (χ0) is 35.1. The summed E-state index contributed by atoms with van der Waals surface area (Å²) in [7, 11) is 0. The number of aliphatic hydroxyl groups is 7. The molecule has 276 valence electrons. The van der Waals surface area contributed by atoms with Crippen molar-refractivity contribution in [3.05, 3.63) is 11.6 Å². The minimum Gasteiger partial charge on any atom is -0.458 e. The fraction of sp³-hybridized carbons (Fsp3) is 0.886. The molecule has 0 unspecified atom stereocenters. The molecule has 14 nitrogen and oxygen atoms in total. The lowest BCUT2D eigenvalue weighted by atomic mass is 9.41. The molecule has 3 heterocycles. The summed E-state index contributed by atoms with van der Waals surface area (Å²) in [5.41, 5.74) is -2.94. The van der Waals surface area contributed by atoms with Crippen molar-refractivity contribution in [1.29, 1.82) is 0 Å². The first-order valence-electron chi connectivity index (χ1n) is 17.9. The molecule has 0 spiro atoms. The van der Waals surface area contributed by atoms with Crippen LogP contribution in [0.3, 0.4) is 0 Å². The summed E-state index contributed by atoms with van der Waals surface area (Å²) in [6.45, 7) is 3.42. The SMILES string of the molecule is C[C@H]1O[C@@H](O[C@H]2CC[C@@]3(C=O)[C@H]4CC[C@]5(C)[C@@H](C6=CC(=O)OC6)CC[C@]5(O)[C@@H]4CC[C@]3(O)C2)C[C@@H](O)[C@@H]1O[C@@H]1O[C@H](CO)[C@@H](O)[C@H](O)[C@H]1O. The van der Waals surface area contributed by atoms with Crippen LogP contribution in [0, 0.1) is 28.6 Å². The first kappa shape index (κ1) is 35.8. The van der Waals surface area contributed by atoms with Crippen molar-refractivity contribution < 1.29 is 69.0 Å². The first-order valence-corrected chi connectivity index (χ1v) is 17.9. The Bertz CT molecular complexity index is 1300. The molecule has 6 fully saturated rings. The van der Waals surface area contributed by atoms with Gasteiger partial charge < -0.3 is 64.2 Å². The van der Waals surface area contributed by atoms with Crippen molar-refractivity contribution in [3.63, 3.8) is 0 Å². The lowest BCUT2D eigenvalue weighted by molar-refractivity contribution is -0.345. The van der Waals surface area contributed by atoms with Gasteiger partial charge in [-0.05, 0) is 81.6 Å². The molecule has 7 N–H and O–H groups in total. The molecule has 3 aliphatic heterocycles. The van der Waals surface area contributed by atoms with Gasteiger partial charge in [-0.1, -0.05) is 6.92 Å². The molecule has 0 aromatic heterocycles. The molecule has 4 saturated carbocycles. The van der Waals surface area contributed by atoms with Crippen LogP contribution in [0.4, 0.5) is 0 Å². The number of cyclic esters (lactones) is 1. The van der Waals surface area contributed by atoms with E-state index in [2.05, 4.69) is 6.92 Å². The quantitative estimate of drug-likeness (QED) is 0.102. The van der Waals surface area contributed by atoms with E-state index < -0.39 is 90.1 Å². The Morgan fingerprint density at radius 2 is 1.69 bits per heavy atom. The van der Waals surface area contributed by atoms with Gasteiger partial charge in [0.05, 0.1) is 41.5 Å². The van der Waals surface area contributed by atoms with Gasteiger partial charge >= 0.3 is 5.97 Å². The van der Waals surface area contributed by atoms with Crippen LogP contribution in [0.5, 0.6) is 0 Å². The molecule has 7 aliphatic rings. The number of aldehydes is 1. The second kappa shape index (κ2) is 12.8. The molecule has 0 aromatic rings. The van der Waals surface area contributed by atoms with Crippen LogP contribution in [0.2, 0.25) is 0 Å². The van der Waals surface area contributed by atoms with Crippen molar-refractivity contribution in [2.75, 3.05) is 13.2 Å². The minimum absolute atomic E-state index is 0.00470. The van der Waals surface area contributed by atoms with E-state index in [1.807, 2.05) is 0 Å². The molecule has 2 saturated heterocycles. The summed E-state index contributed by atoms with van der Waals surface area (Å²) >= 11 is 0. The Morgan fingerprint density at radius 3 is 2.37 bits per heavy atom. The molecule has 49 heavy (non-hydrogen) atoms. The van der Waals surface area contributed by atoms with E-state index in [1.54, 1.807) is 13.0 Å². The number of fused-ring (bicyclic) bond motifs is 5. The third-order valence-corrected chi connectivity index (χ3v) is 14.0. The predicted molar refractivity (Wildman–Crippen MR) is 166 cm³/mol. The van der Waals surface area contributed by atoms with Crippen LogP contribution in [-0.4, -0.2) is 134 Å². The summed E-state index contributed by atoms with van der Waals surface area (Å²) in [6, 6.07) is 0. The number of hydrogen-bond acceptors (Lipinski definition) is 14. The van der Waals surface area contributed by atoms with E-state index >= 15 is 0 Å². The molecule has 17 atom stereocenters. The van der Waals surface area contributed by atoms with E-state index in [0.29, 0.717) is 44.9 Å². The lowest BCUT2D eigenvalue weighted by Crippen LogP contribution is -2.69. The largest absolute Gasteiger partial charge is 0.458 e. The normalized spacial score (nSPS) is 54.3. The molecule has 0 radical (unpaired) electrons. The van der Waals surface area contributed by atoms with Crippen LogP contribution >= 0.6 is 0 Å². The van der Waals surface area contributed by atoms with Crippen molar-refractivity contribution in [1.82, 2.24) is 0 Å². The summed E-state index contributed by atoms with van der Waals surface area (Å²) in [5.74, 6) is -0.688. The van der Waals surface area contributed by atoms with Crippen molar-refractivity contribution in [2.24, 2.45) is 28.6 Å². The molecular weight excluding hydrogens is 644 g/mol. The zero-order valence-electron chi connectivity index (χ0n) is 28.1. The first-order chi connectivity index (χ1) is 23.2. The average molecular weight is 697 g/mol. The van der Waals surface area contributed by atoms with E-state index in [4.69, 9.17) is 23.7 Å². The summed E-state index contributed by atoms with van der Waals surface area (Å²) in [5, 5.41) is 75.9. The lowest BCUT2D eigenvalue weighted by Gasteiger charge is -2.65. The van der Waals surface area contributed by atoms with Crippen molar-refractivity contribution >= 4 is 12.3 Å². The monoisotopic (exact) mass is 696 g/mol. The number of hydrogen-bond donors (Lipinski definition) is 7. The number of aliphatic hydroxyl groups excluding tert-OH is 5. The van der Waals surface area contributed by atoms with Crippen LogP contribution in [0.15, 0.2) is 11.6 Å². The van der Waals surface area contributed by atoms with Crippen molar-refractivity contribution in [3.8, 4) is 0 Å². The molecule has 0 aromatic carbocycles. The van der Waals surface area contributed by atoms with Crippen LogP contribution in [0.1, 0.15) is 78.1 Å². The summed E-state index contributed by atoms with van der Waals surface area (Å²) < 4.78 is 28.9. The highest BCUT2D eigenvalue weighted by atomic mass is 16.7. The Hall–Kier alpha value is -1.56. The van der Waals surface area contributed by atoms with Gasteiger partial charge in [0.15, 0.2) is 12.6 Å². The summed E-state index contributed by atoms with van der Waals surface area (Å²) in [4.78, 5) is 25.0. The summed E-state index contributed by atoms with van der Waals surface area (Å²) in [6.07, 6.45) is -4.38. The Morgan fingerprint density at radius 1 is 0.939 bits per heavy atom. The maximum Gasteiger partial charge on any atom is 0.331 e. The molecule has 14 heteroatoms. The van der Waals surface area contributed by atoms with E-state index in [-0.39, 0.29) is 43.2 Å². The Balaban J connectivity index is 1.00. The van der Waals surface area contributed by atoms with Crippen LogP contribution in [-0.2, 0) is 33.3 Å². The Kier molecular flexibility index (Phi) is 9.38. The van der Waals surface area contributed by atoms with Gasteiger partial charge in [0.2, 0.25) is 0 Å². The van der Waals surface area contributed by atoms with Gasteiger partial charge in [0.1, 0.15) is 43.4 Å². The zero-order valence-corrected chi connectivity index (χ0v) is 28.1. The molecular formula is C35H52O14. The Labute approximate surface area is 285 Å². The number of carbonyl (C=O) groups is 2. The fourth-order valence-electron chi connectivity index (χ4n) is 11.3. The standard InChI is InChI=1S/C35H52O14/c1-17-30(49-31-29(42)28(41)27(40)24(14-36)48-31)23(38)12-26(46-17)47-19-3-8-33(16-37)21-4-7-32(2)20(18-11-25(39)45-15-18)6-10-35(32,44)22(21)5-9-34(33,43)13-19/h11,16-17,19-24,26-31,36,38,40-44H,3-10,12-15H2,1-2H3/t17-,19+,20-,21+,22-,23-,24-,26+,27-,28+,29-,30-,31+,32-,33-,34+,35+/m1/s1. The minimum atomic E-state index is -1.62. The second-order valence-electron chi connectivity index (χ2n) is 16.1. The average Bonchev–Trinajstić information content (AvgIpc) is 3.61. The maximum atomic E-state index is 13.2.